The van der Waals surface area contributed by atoms with E-state index >= 15 is 0 Å². The van der Waals surface area contributed by atoms with Crippen LogP contribution in [0.1, 0.15) is 26.3 Å². The van der Waals surface area contributed by atoms with Crippen molar-refractivity contribution in [3.05, 3.63) is 34.6 Å². The van der Waals surface area contributed by atoms with Crippen LogP contribution in [0.3, 0.4) is 0 Å². The molecule has 0 aliphatic rings. The second-order valence-corrected chi connectivity index (χ2v) is 5.64. The van der Waals surface area contributed by atoms with Crippen molar-refractivity contribution in [2.75, 3.05) is 6.54 Å². The van der Waals surface area contributed by atoms with Crippen molar-refractivity contribution >= 4 is 11.6 Å². The van der Waals surface area contributed by atoms with Gasteiger partial charge >= 0.3 is 0 Å². The summed E-state index contributed by atoms with van der Waals surface area (Å²) in [4.78, 5) is 0. The molecule has 0 amide bonds. The third-order valence-corrected chi connectivity index (χ3v) is 2.61. The van der Waals surface area contributed by atoms with Crippen molar-refractivity contribution in [3.63, 3.8) is 0 Å². The molecule has 17 heavy (non-hydrogen) atoms. The molecule has 1 aromatic carbocycles. The molecule has 0 spiro atoms. The number of benzene rings is 1. The highest BCUT2D eigenvalue weighted by atomic mass is 35.5. The summed E-state index contributed by atoms with van der Waals surface area (Å²) in [7, 11) is 0. The van der Waals surface area contributed by atoms with E-state index in [0.29, 0.717) is 13.0 Å². The van der Waals surface area contributed by atoms with E-state index < -0.39 is 11.9 Å². The van der Waals surface area contributed by atoms with E-state index in [9.17, 15) is 9.50 Å². The lowest BCUT2D eigenvalue weighted by molar-refractivity contribution is 0.161. The molecule has 0 aromatic heterocycles. The Morgan fingerprint density at radius 1 is 1.41 bits per heavy atom. The third kappa shape index (κ3) is 5.48. The predicted molar refractivity (Wildman–Crippen MR) is 68.9 cm³/mol. The minimum absolute atomic E-state index is 0.0264. The zero-order valence-corrected chi connectivity index (χ0v) is 11.2. The quantitative estimate of drug-likeness (QED) is 0.872. The fraction of sp³-hybridized carbons (Fsp3) is 0.538. The Balaban J connectivity index is 2.50. The summed E-state index contributed by atoms with van der Waals surface area (Å²) in [6.07, 6.45) is -0.0425. The van der Waals surface area contributed by atoms with Gasteiger partial charge in [0.15, 0.2) is 0 Å². The number of β-amino-alcohol motifs (C(OH)–C–C–N with tert-alkyl or cyclic N) is 1. The standard InChI is InChI=1S/C13H19ClFNO/c1-13(2,3)16-8-10(17)6-9-4-5-12(15)11(14)7-9/h4-5,7,10,16-17H,6,8H2,1-3H3. The molecule has 1 aromatic rings. The molecule has 1 unspecified atom stereocenters. The first kappa shape index (κ1) is 14.4. The number of halogens is 2. The van der Waals surface area contributed by atoms with Crippen LogP contribution in [-0.2, 0) is 6.42 Å². The Bertz CT molecular complexity index is 376. The van der Waals surface area contributed by atoms with Crippen LogP contribution in [0, 0.1) is 5.82 Å². The maximum Gasteiger partial charge on any atom is 0.141 e. The zero-order chi connectivity index (χ0) is 13.1. The van der Waals surface area contributed by atoms with E-state index in [2.05, 4.69) is 5.32 Å². The second-order valence-electron chi connectivity index (χ2n) is 5.24. The van der Waals surface area contributed by atoms with Gasteiger partial charge in [-0.15, -0.1) is 0 Å². The first-order chi connectivity index (χ1) is 7.78. The average Bonchev–Trinajstić information content (AvgIpc) is 2.20. The first-order valence-electron chi connectivity index (χ1n) is 5.65. The molecular formula is C13H19ClFNO. The van der Waals surface area contributed by atoms with E-state index in [4.69, 9.17) is 11.6 Å². The highest BCUT2D eigenvalue weighted by molar-refractivity contribution is 6.30. The van der Waals surface area contributed by atoms with E-state index in [-0.39, 0.29) is 10.6 Å². The van der Waals surface area contributed by atoms with Crippen molar-refractivity contribution in [1.29, 1.82) is 0 Å². The lowest BCUT2D eigenvalue weighted by Crippen LogP contribution is -2.41. The van der Waals surface area contributed by atoms with Gasteiger partial charge in [-0.05, 0) is 44.9 Å². The van der Waals surface area contributed by atoms with E-state index in [1.807, 2.05) is 20.8 Å². The number of nitrogens with one attached hydrogen (secondary N) is 1. The summed E-state index contributed by atoms with van der Waals surface area (Å²) in [5, 5.41) is 13.1. The molecule has 0 saturated carbocycles. The molecule has 0 radical (unpaired) electrons. The van der Waals surface area contributed by atoms with Crippen LogP contribution in [-0.4, -0.2) is 23.3 Å². The predicted octanol–water partition coefficient (Wildman–Crippen LogP) is 2.77. The summed E-state index contributed by atoms with van der Waals surface area (Å²) in [6.45, 7) is 6.61. The lowest BCUT2D eigenvalue weighted by Gasteiger charge is -2.23. The molecule has 0 aliphatic carbocycles. The Kier molecular flexibility index (Phi) is 4.92. The van der Waals surface area contributed by atoms with Crippen molar-refractivity contribution in [3.8, 4) is 0 Å². The SMILES string of the molecule is CC(C)(C)NCC(O)Cc1ccc(F)c(Cl)c1. The zero-order valence-electron chi connectivity index (χ0n) is 10.4. The monoisotopic (exact) mass is 259 g/mol. The summed E-state index contributed by atoms with van der Waals surface area (Å²) in [5.74, 6) is -0.433. The highest BCUT2D eigenvalue weighted by Gasteiger charge is 2.13. The summed E-state index contributed by atoms with van der Waals surface area (Å²) >= 11 is 5.67. The van der Waals surface area contributed by atoms with Crippen LogP contribution >= 0.6 is 11.6 Å². The van der Waals surface area contributed by atoms with Gasteiger partial charge in [0.2, 0.25) is 0 Å². The Morgan fingerprint density at radius 2 is 2.06 bits per heavy atom. The van der Waals surface area contributed by atoms with Crippen LogP contribution in [0.25, 0.3) is 0 Å². The van der Waals surface area contributed by atoms with E-state index in [1.165, 1.54) is 6.07 Å². The summed E-state index contributed by atoms with van der Waals surface area (Å²) < 4.78 is 12.9. The molecule has 1 rings (SSSR count). The van der Waals surface area contributed by atoms with Crippen molar-refractivity contribution < 1.29 is 9.50 Å². The second kappa shape index (κ2) is 5.80. The Labute approximate surface area is 107 Å². The average molecular weight is 260 g/mol. The molecule has 1 atom stereocenters. The first-order valence-corrected chi connectivity index (χ1v) is 6.03. The molecule has 0 aliphatic heterocycles. The van der Waals surface area contributed by atoms with Gasteiger partial charge in [0.05, 0.1) is 11.1 Å². The van der Waals surface area contributed by atoms with Gasteiger partial charge in [0.1, 0.15) is 5.82 Å². The van der Waals surface area contributed by atoms with Crippen molar-refractivity contribution in [2.45, 2.75) is 38.8 Å². The van der Waals surface area contributed by atoms with Gasteiger partial charge in [0.25, 0.3) is 0 Å². The molecule has 96 valence electrons. The van der Waals surface area contributed by atoms with Crippen LogP contribution in [0.15, 0.2) is 18.2 Å². The van der Waals surface area contributed by atoms with Crippen LogP contribution in [0.4, 0.5) is 4.39 Å². The van der Waals surface area contributed by atoms with Gasteiger partial charge in [0, 0.05) is 12.1 Å². The highest BCUT2D eigenvalue weighted by Crippen LogP contribution is 2.17. The number of hydrogen-bond acceptors (Lipinski definition) is 2. The number of aliphatic hydroxyl groups is 1. The van der Waals surface area contributed by atoms with Gasteiger partial charge < -0.3 is 10.4 Å². The maximum atomic E-state index is 12.9. The van der Waals surface area contributed by atoms with Crippen LogP contribution in [0.2, 0.25) is 5.02 Å². The lowest BCUT2D eigenvalue weighted by atomic mass is 10.1. The Morgan fingerprint density at radius 3 is 2.59 bits per heavy atom. The molecule has 4 heteroatoms. The van der Waals surface area contributed by atoms with Gasteiger partial charge in [-0.2, -0.15) is 0 Å². The largest absolute Gasteiger partial charge is 0.391 e. The van der Waals surface area contributed by atoms with Gasteiger partial charge in [-0.25, -0.2) is 4.39 Å². The molecule has 2 nitrogen and oxygen atoms in total. The molecule has 0 fully saturated rings. The molecule has 0 bridgehead atoms. The molecule has 2 N–H and O–H groups in total. The summed E-state index contributed by atoms with van der Waals surface area (Å²) in [6, 6.07) is 4.51. The van der Waals surface area contributed by atoms with Crippen molar-refractivity contribution in [1.82, 2.24) is 5.32 Å². The van der Waals surface area contributed by atoms with Crippen LogP contribution < -0.4 is 5.32 Å². The molecular weight excluding hydrogens is 241 g/mol. The number of aliphatic hydroxyl groups excluding tert-OH is 1. The summed E-state index contributed by atoms with van der Waals surface area (Å²) in [5.41, 5.74) is 0.807. The molecule has 0 saturated heterocycles. The van der Waals surface area contributed by atoms with Crippen LogP contribution in [0.5, 0.6) is 0 Å². The minimum atomic E-state index is -0.504. The number of hydrogen-bond donors (Lipinski definition) is 2. The number of rotatable bonds is 4. The van der Waals surface area contributed by atoms with Gasteiger partial charge in [-0.3, -0.25) is 0 Å². The third-order valence-electron chi connectivity index (χ3n) is 2.32. The fourth-order valence-corrected chi connectivity index (χ4v) is 1.64. The Hall–Kier alpha value is -0.640. The maximum absolute atomic E-state index is 12.9. The molecule has 0 heterocycles. The van der Waals surface area contributed by atoms with E-state index in [1.54, 1.807) is 12.1 Å². The van der Waals surface area contributed by atoms with E-state index in [0.717, 1.165) is 5.56 Å². The minimum Gasteiger partial charge on any atom is -0.391 e. The smallest absolute Gasteiger partial charge is 0.141 e. The fourth-order valence-electron chi connectivity index (χ4n) is 1.43. The normalized spacial score (nSPS) is 13.8. The topological polar surface area (TPSA) is 32.3 Å². The van der Waals surface area contributed by atoms with Crippen molar-refractivity contribution in [2.24, 2.45) is 0 Å². The van der Waals surface area contributed by atoms with Gasteiger partial charge in [-0.1, -0.05) is 17.7 Å².